The SMILES string of the molecule is CC(C)c1ccc(S(=O)(=O)NCC2(C(N)=O)CCOCC2)cc1. The van der Waals surface area contributed by atoms with Gasteiger partial charge in [0.1, 0.15) is 0 Å². The number of carbonyl (C=O) groups is 1. The van der Waals surface area contributed by atoms with Crippen LogP contribution in [0.4, 0.5) is 0 Å². The standard InChI is InChI=1S/C16H24N2O4S/c1-12(2)13-3-5-14(6-4-13)23(20,21)18-11-16(15(17)19)7-9-22-10-8-16/h3-6,12,18H,7-11H2,1-2H3,(H2,17,19). The second-order valence-electron chi connectivity index (χ2n) is 6.31. The van der Waals surface area contributed by atoms with E-state index in [0.717, 1.165) is 5.56 Å². The molecule has 1 aliphatic rings. The molecule has 1 aromatic rings. The zero-order valence-electron chi connectivity index (χ0n) is 13.5. The van der Waals surface area contributed by atoms with Gasteiger partial charge in [-0.05, 0) is 36.5 Å². The van der Waals surface area contributed by atoms with E-state index in [-0.39, 0.29) is 11.4 Å². The fraction of sp³-hybridized carbons (Fsp3) is 0.562. The Labute approximate surface area is 137 Å². The number of sulfonamides is 1. The van der Waals surface area contributed by atoms with E-state index >= 15 is 0 Å². The number of ether oxygens (including phenoxy) is 1. The lowest BCUT2D eigenvalue weighted by molar-refractivity contribution is -0.132. The zero-order chi connectivity index (χ0) is 17.1. The Kier molecular flexibility index (Phi) is 5.44. The van der Waals surface area contributed by atoms with Gasteiger partial charge in [0.2, 0.25) is 15.9 Å². The summed E-state index contributed by atoms with van der Waals surface area (Å²) in [4.78, 5) is 12.0. The van der Waals surface area contributed by atoms with Gasteiger partial charge in [0, 0.05) is 19.8 Å². The van der Waals surface area contributed by atoms with E-state index < -0.39 is 21.3 Å². The molecule has 0 unspecified atom stereocenters. The minimum Gasteiger partial charge on any atom is -0.381 e. The second-order valence-corrected chi connectivity index (χ2v) is 8.07. The van der Waals surface area contributed by atoms with Gasteiger partial charge in [-0.1, -0.05) is 26.0 Å². The first-order valence-corrected chi connectivity index (χ1v) is 9.22. The van der Waals surface area contributed by atoms with Crippen LogP contribution in [0.2, 0.25) is 0 Å². The lowest BCUT2D eigenvalue weighted by atomic mass is 9.80. The van der Waals surface area contributed by atoms with Crippen molar-refractivity contribution in [2.45, 2.75) is 37.5 Å². The summed E-state index contributed by atoms with van der Waals surface area (Å²) < 4.78 is 32.6. The van der Waals surface area contributed by atoms with Crippen LogP contribution in [-0.2, 0) is 19.6 Å². The van der Waals surface area contributed by atoms with Crippen molar-refractivity contribution in [1.29, 1.82) is 0 Å². The van der Waals surface area contributed by atoms with Crippen LogP contribution in [0.1, 0.15) is 38.2 Å². The van der Waals surface area contributed by atoms with Crippen LogP contribution in [0.5, 0.6) is 0 Å². The number of rotatable bonds is 6. The van der Waals surface area contributed by atoms with E-state index in [9.17, 15) is 13.2 Å². The highest BCUT2D eigenvalue weighted by molar-refractivity contribution is 7.89. The number of hydrogen-bond acceptors (Lipinski definition) is 4. The molecule has 1 saturated heterocycles. The molecule has 128 valence electrons. The quantitative estimate of drug-likeness (QED) is 0.817. The molecule has 0 saturated carbocycles. The fourth-order valence-corrected chi connectivity index (χ4v) is 3.75. The summed E-state index contributed by atoms with van der Waals surface area (Å²) in [6, 6.07) is 6.77. The number of hydrogen-bond donors (Lipinski definition) is 2. The van der Waals surface area contributed by atoms with Crippen molar-refractivity contribution >= 4 is 15.9 Å². The highest BCUT2D eigenvalue weighted by atomic mass is 32.2. The number of carbonyl (C=O) groups excluding carboxylic acids is 1. The topological polar surface area (TPSA) is 98.5 Å². The van der Waals surface area contributed by atoms with Crippen molar-refractivity contribution in [1.82, 2.24) is 4.72 Å². The van der Waals surface area contributed by atoms with Crippen molar-refractivity contribution in [2.75, 3.05) is 19.8 Å². The van der Waals surface area contributed by atoms with Crippen molar-refractivity contribution in [2.24, 2.45) is 11.1 Å². The highest BCUT2D eigenvalue weighted by Crippen LogP contribution is 2.30. The van der Waals surface area contributed by atoms with Crippen LogP contribution < -0.4 is 10.5 Å². The molecular weight excluding hydrogens is 316 g/mol. The molecule has 0 bridgehead atoms. The number of primary amides is 1. The van der Waals surface area contributed by atoms with Gasteiger partial charge in [-0.3, -0.25) is 4.79 Å². The summed E-state index contributed by atoms with van der Waals surface area (Å²) in [6.45, 7) is 4.91. The molecule has 0 atom stereocenters. The Hall–Kier alpha value is -1.44. The Bertz CT molecular complexity index is 647. The van der Waals surface area contributed by atoms with Crippen LogP contribution in [-0.4, -0.2) is 34.1 Å². The average Bonchev–Trinajstić information content (AvgIpc) is 2.54. The van der Waals surface area contributed by atoms with Crippen LogP contribution >= 0.6 is 0 Å². The Morgan fingerprint density at radius 2 is 1.83 bits per heavy atom. The molecule has 2 rings (SSSR count). The summed E-state index contributed by atoms with van der Waals surface area (Å²) in [5.41, 5.74) is 5.69. The van der Waals surface area contributed by atoms with Gasteiger partial charge in [-0.25, -0.2) is 13.1 Å². The van der Waals surface area contributed by atoms with E-state index in [2.05, 4.69) is 4.72 Å². The lowest BCUT2D eigenvalue weighted by Gasteiger charge is -2.34. The number of nitrogens with one attached hydrogen (secondary N) is 1. The van der Waals surface area contributed by atoms with E-state index in [1.807, 2.05) is 13.8 Å². The maximum Gasteiger partial charge on any atom is 0.240 e. The normalized spacial score (nSPS) is 18.0. The first kappa shape index (κ1) is 17.9. The molecular formula is C16H24N2O4S. The first-order chi connectivity index (χ1) is 10.8. The van der Waals surface area contributed by atoms with E-state index in [1.54, 1.807) is 24.3 Å². The fourth-order valence-electron chi connectivity index (χ4n) is 2.62. The minimum atomic E-state index is -3.67. The Morgan fingerprint density at radius 1 is 1.26 bits per heavy atom. The molecule has 1 aromatic carbocycles. The summed E-state index contributed by atoms with van der Waals surface area (Å²) in [7, 11) is -3.67. The third kappa shape index (κ3) is 4.10. The molecule has 1 amide bonds. The van der Waals surface area contributed by atoms with E-state index in [1.165, 1.54) is 0 Å². The lowest BCUT2D eigenvalue weighted by Crippen LogP contribution is -2.49. The van der Waals surface area contributed by atoms with Gasteiger partial charge >= 0.3 is 0 Å². The van der Waals surface area contributed by atoms with Crippen LogP contribution in [0.3, 0.4) is 0 Å². The monoisotopic (exact) mass is 340 g/mol. The maximum atomic E-state index is 12.4. The number of amides is 1. The molecule has 1 heterocycles. The zero-order valence-corrected chi connectivity index (χ0v) is 14.4. The summed E-state index contributed by atoms with van der Waals surface area (Å²) >= 11 is 0. The average molecular weight is 340 g/mol. The van der Waals surface area contributed by atoms with Gasteiger partial charge in [0.25, 0.3) is 0 Å². The maximum absolute atomic E-state index is 12.4. The molecule has 0 spiro atoms. The smallest absolute Gasteiger partial charge is 0.240 e. The molecule has 0 aromatic heterocycles. The predicted molar refractivity (Wildman–Crippen MR) is 87.4 cm³/mol. The van der Waals surface area contributed by atoms with Crippen molar-refractivity contribution < 1.29 is 17.9 Å². The molecule has 1 fully saturated rings. The molecule has 0 radical (unpaired) electrons. The highest BCUT2D eigenvalue weighted by Gasteiger charge is 2.39. The van der Waals surface area contributed by atoms with Crippen molar-refractivity contribution in [3.63, 3.8) is 0 Å². The van der Waals surface area contributed by atoms with Crippen molar-refractivity contribution in [3.05, 3.63) is 29.8 Å². The molecule has 0 aliphatic carbocycles. The van der Waals surface area contributed by atoms with Crippen LogP contribution in [0.15, 0.2) is 29.2 Å². The van der Waals surface area contributed by atoms with E-state index in [4.69, 9.17) is 10.5 Å². The second kappa shape index (κ2) is 6.98. The van der Waals surface area contributed by atoms with Crippen molar-refractivity contribution in [3.8, 4) is 0 Å². The van der Waals surface area contributed by atoms with Gasteiger partial charge in [-0.2, -0.15) is 0 Å². The predicted octanol–water partition coefficient (Wildman–Crippen LogP) is 1.37. The largest absolute Gasteiger partial charge is 0.381 e. The number of benzene rings is 1. The number of nitrogens with two attached hydrogens (primary N) is 1. The third-order valence-corrected chi connectivity index (χ3v) is 5.85. The van der Waals surface area contributed by atoms with Gasteiger partial charge < -0.3 is 10.5 Å². The third-order valence-electron chi connectivity index (χ3n) is 4.43. The molecule has 6 nitrogen and oxygen atoms in total. The van der Waals surface area contributed by atoms with E-state index in [0.29, 0.717) is 32.0 Å². The molecule has 23 heavy (non-hydrogen) atoms. The van der Waals surface area contributed by atoms with Gasteiger partial charge in [0.15, 0.2) is 0 Å². The van der Waals surface area contributed by atoms with Gasteiger partial charge in [0.05, 0.1) is 10.3 Å². The summed E-state index contributed by atoms with van der Waals surface area (Å²) in [6.07, 6.45) is 0.855. The first-order valence-electron chi connectivity index (χ1n) is 7.74. The minimum absolute atomic E-state index is 0.0000410. The van der Waals surface area contributed by atoms with Crippen LogP contribution in [0, 0.1) is 5.41 Å². The van der Waals surface area contributed by atoms with Gasteiger partial charge in [-0.15, -0.1) is 0 Å². The summed E-state index contributed by atoms with van der Waals surface area (Å²) in [5, 5.41) is 0. The Balaban J connectivity index is 2.12. The molecule has 3 N–H and O–H groups in total. The molecule has 1 aliphatic heterocycles. The Morgan fingerprint density at radius 3 is 2.30 bits per heavy atom. The van der Waals surface area contributed by atoms with Crippen LogP contribution in [0.25, 0.3) is 0 Å². The summed E-state index contributed by atoms with van der Waals surface area (Å²) in [5.74, 6) is -0.154. The molecule has 7 heteroatoms.